The smallest absolute Gasteiger partial charge is 0.341 e. The third kappa shape index (κ3) is 4.75. The highest BCUT2D eigenvalue weighted by atomic mass is 32.2. The molecule has 0 unspecified atom stereocenters. The van der Waals surface area contributed by atoms with E-state index in [9.17, 15) is 18.0 Å². The molecule has 0 saturated heterocycles. The van der Waals surface area contributed by atoms with Crippen molar-refractivity contribution in [1.82, 2.24) is 0 Å². The lowest BCUT2D eigenvalue weighted by atomic mass is 10.1. The second-order valence-corrected chi connectivity index (χ2v) is 11.3. The van der Waals surface area contributed by atoms with Gasteiger partial charge >= 0.3 is 5.97 Å². The van der Waals surface area contributed by atoms with Crippen LogP contribution in [0.15, 0.2) is 29.2 Å². The lowest BCUT2D eigenvalue weighted by Crippen LogP contribution is -2.17. The standard InChI is InChI=1S/C22H27NO5S2/c1-14(2)30(26,27)16-11-9-15(10-12-16)13-19(24)23-21-20(22(25)28-3)17-7-5-4-6-8-18(17)29-21/h9-12,14H,4-8,13H2,1-3H3,(H,23,24). The van der Waals surface area contributed by atoms with E-state index in [-0.39, 0.29) is 17.2 Å². The summed E-state index contributed by atoms with van der Waals surface area (Å²) in [6.07, 6.45) is 5.04. The number of carbonyl (C=O) groups excluding carboxylic acids is 2. The monoisotopic (exact) mass is 449 g/mol. The average molecular weight is 450 g/mol. The van der Waals surface area contributed by atoms with Crippen molar-refractivity contribution in [2.24, 2.45) is 0 Å². The molecule has 1 aromatic carbocycles. The zero-order valence-electron chi connectivity index (χ0n) is 17.5. The van der Waals surface area contributed by atoms with E-state index in [1.165, 1.54) is 30.6 Å². The Morgan fingerprint density at radius 3 is 2.40 bits per heavy atom. The number of aryl methyl sites for hydroxylation is 1. The molecule has 0 radical (unpaired) electrons. The van der Waals surface area contributed by atoms with Crippen molar-refractivity contribution in [2.45, 2.75) is 62.5 Å². The third-order valence-corrected chi connectivity index (χ3v) is 8.68. The van der Waals surface area contributed by atoms with Crippen LogP contribution in [0.2, 0.25) is 0 Å². The molecule has 1 amide bonds. The van der Waals surface area contributed by atoms with Crippen LogP contribution in [0.4, 0.5) is 5.00 Å². The summed E-state index contributed by atoms with van der Waals surface area (Å²) < 4.78 is 29.4. The van der Waals surface area contributed by atoms with Gasteiger partial charge in [0.25, 0.3) is 0 Å². The Hall–Kier alpha value is -2.19. The van der Waals surface area contributed by atoms with Crippen molar-refractivity contribution in [3.05, 3.63) is 45.8 Å². The Kier molecular flexibility index (Phi) is 6.98. The first-order valence-corrected chi connectivity index (χ1v) is 12.5. The predicted octanol–water partition coefficient (Wildman–Crippen LogP) is 4.17. The third-order valence-electron chi connectivity index (χ3n) is 5.30. The molecule has 1 aliphatic carbocycles. The van der Waals surface area contributed by atoms with Crippen LogP contribution >= 0.6 is 11.3 Å². The molecule has 1 aromatic heterocycles. The van der Waals surface area contributed by atoms with Gasteiger partial charge in [-0.15, -0.1) is 11.3 Å². The number of anilines is 1. The fourth-order valence-corrected chi connectivity index (χ4v) is 5.93. The van der Waals surface area contributed by atoms with Gasteiger partial charge in [0.15, 0.2) is 9.84 Å². The predicted molar refractivity (Wildman–Crippen MR) is 118 cm³/mol. The number of benzene rings is 1. The molecule has 30 heavy (non-hydrogen) atoms. The normalized spacial score (nSPS) is 14.1. The Bertz CT molecular complexity index is 1040. The number of ether oxygens (including phenoxy) is 1. The quantitative estimate of drug-likeness (QED) is 0.528. The minimum absolute atomic E-state index is 0.0885. The van der Waals surface area contributed by atoms with Crippen molar-refractivity contribution in [3.63, 3.8) is 0 Å². The van der Waals surface area contributed by atoms with Crippen LogP contribution in [0.5, 0.6) is 0 Å². The van der Waals surface area contributed by atoms with Gasteiger partial charge in [-0.3, -0.25) is 4.79 Å². The minimum atomic E-state index is -3.34. The average Bonchev–Trinajstić information content (AvgIpc) is 2.88. The van der Waals surface area contributed by atoms with E-state index in [4.69, 9.17) is 4.74 Å². The largest absolute Gasteiger partial charge is 0.465 e. The molecule has 1 aliphatic rings. The molecule has 0 aliphatic heterocycles. The minimum Gasteiger partial charge on any atom is -0.465 e. The van der Waals surface area contributed by atoms with Crippen LogP contribution in [0.3, 0.4) is 0 Å². The Morgan fingerprint density at radius 1 is 1.10 bits per heavy atom. The number of methoxy groups -OCH3 is 1. The Morgan fingerprint density at radius 2 is 1.77 bits per heavy atom. The number of amides is 1. The van der Waals surface area contributed by atoms with Crippen molar-refractivity contribution < 1.29 is 22.7 Å². The number of sulfone groups is 1. The summed E-state index contributed by atoms with van der Waals surface area (Å²) in [4.78, 5) is 26.4. The second kappa shape index (κ2) is 9.31. The number of thiophene rings is 1. The first-order valence-electron chi connectivity index (χ1n) is 10.1. The van der Waals surface area contributed by atoms with Crippen molar-refractivity contribution in [2.75, 3.05) is 12.4 Å². The first-order chi connectivity index (χ1) is 14.2. The van der Waals surface area contributed by atoms with Gasteiger partial charge in [-0.25, -0.2) is 13.2 Å². The summed E-state index contributed by atoms with van der Waals surface area (Å²) in [6.45, 7) is 3.27. The summed E-state index contributed by atoms with van der Waals surface area (Å²) in [7, 11) is -2.00. The van der Waals surface area contributed by atoms with Crippen LogP contribution in [0, 0.1) is 0 Å². The molecule has 0 spiro atoms. The molecule has 3 rings (SSSR count). The summed E-state index contributed by atoms with van der Waals surface area (Å²) >= 11 is 1.45. The number of rotatable bonds is 6. The number of nitrogens with one attached hydrogen (secondary N) is 1. The van der Waals surface area contributed by atoms with E-state index in [1.54, 1.807) is 26.0 Å². The van der Waals surface area contributed by atoms with Gasteiger partial charge < -0.3 is 10.1 Å². The molecular weight excluding hydrogens is 422 g/mol. The van der Waals surface area contributed by atoms with Gasteiger partial charge in [0.05, 0.1) is 29.2 Å². The lowest BCUT2D eigenvalue weighted by Gasteiger charge is -2.09. The number of hydrogen-bond donors (Lipinski definition) is 1. The van der Waals surface area contributed by atoms with Gasteiger partial charge in [0.1, 0.15) is 5.00 Å². The lowest BCUT2D eigenvalue weighted by molar-refractivity contribution is -0.115. The molecule has 162 valence electrons. The zero-order chi connectivity index (χ0) is 21.9. The Labute approximate surface area is 181 Å². The summed E-state index contributed by atoms with van der Waals surface area (Å²) in [6, 6.07) is 6.37. The molecule has 6 nitrogen and oxygen atoms in total. The molecule has 8 heteroatoms. The number of carbonyl (C=O) groups is 2. The fraction of sp³-hybridized carbons (Fsp3) is 0.455. The number of hydrogen-bond acceptors (Lipinski definition) is 6. The van der Waals surface area contributed by atoms with Crippen LogP contribution in [0.25, 0.3) is 0 Å². The highest BCUT2D eigenvalue weighted by Gasteiger charge is 2.26. The summed E-state index contributed by atoms with van der Waals surface area (Å²) in [5, 5.41) is 2.91. The van der Waals surface area contributed by atoms with Gasteiger partial charge in [-0.2, -0.15) is 0 Å². The van der Waals surface area contributed by atoms with Crippen molar-refractivity contribution in [3.8, 4) is 0 Å². The topological polar surface area (TPSA) is 89.5 Å². The highest BCUT2D eigenvalue weighted by Crippen LogP contribution is 2.38. The van der Waals surface area contributed by atoms with Crippen LogP contribution < -0.4 is 5.32 Å². The van der Waals surface area contributed by atoms with Crippen LogP contribution in [-0.4, -0.2) is 32.7 Å². The van der Waals surface area contributed by atoms with Gasteiger partial charge in [0.2, 0.25) is 5.91 Å². The molecule has 1 heterocycles. The molecule has 1 N–H and O–H groups in total. The second-order valence-electron chi connectivity index (χ2n) is 7.72. The van der Waals surface area contributed by atoms with E-state index >= 15 is 0 Å². The number of esters is 1. The zero-order valence-corrected chi connectivity index (χ0v) is 19.1. The van der Waals surface area contributed by atoms with E-state index < -0.39 is 21.1 Å². The highest BCUT2D eigenvalue weighted by molar-refractivity contribution is 7.92. The first kappa shape index (κ1) is 22.5. The maximum Gasteiger partial charge on any atom is 0.341 e. The molecule has 0 fully saturated rings. The van der Waals surface area contributed by atoms with E-state index in [0.717, 1.165) is 42.5 Å². The van der Waals surface area contributed by atoms with Crippen LogP contribution in [0.1, 0.15) is 59.5 Å². The van der Waals surface area contributed by atoms with E-state index in [2.05, 4.69) is 5.32 Å². The molecule has 0 atom stereocenters. The van der Waals surface area contributed by atoms with E-state index in [0.29, 0.717) is 16.1 Å². The summed E-state index contributed by atoms with van der Waals surface area (Å²) in [5.41, 5.74) is 2.18. The van der Waals surface area contributed by atoms with Crippen molar-refractivity contribution >= 4 is 38.1 Å². The van der Waals surface area contributed by atoms with Crippen molar-refractivity contribution in [1.29, 1.82) is 0 Å². The molecule has 0 bridgehead atoms. The Balaban J connectivity index is 1.77. The van der Waals surface area contributed by atoms with Gasteiger partial charge in [-0.05, 0) is 62.8 Å². The summed E-state index contributed by atoms with van der Waals surface area (Å²) in [5.74, 6) is -0.677. The maximum absolute atomic E-state index is 12.6. The van der Waals surface area contributed by atoms with Gasteiger partial charge in [-0.1, -0.05) is 18.6 Å². The number of fused-ring (bicyclic) bond motifs is 1. The molecule has 0 saturated carbocycles. The molecular formula is C22H27NO5S2. The SMILES string of the molecule is COC(=O)c1c(NC(=O)Cc2ccc(S(=O)(=O)C(C)C)cc2)sc2c1CCCCC2. The maximum atomic E-state index is 12.6. The fourth-order valence-electron chi connectivity index (χ4n) is 3.57. The molecule has 2 aromatic rings. The van der Waals surface area contributed by atoms with Crippen LogP contribution in [-0.2, 0) is 38.6 Å². The van der Waals surface area contributed by atoms with E-state index in [1.807, 2.05) is 0 Å². The van der Waals surface area contributed by atoms with Gasteiger partial charge in [0, 0.05) is 4.88 Å².